The van der Waals surface area contributed by atoms with Crippen LogP contribution in [0.1, 0.15) is 33.0 Å². The Hall–Kier alpha value is -4.08. The Morgan fingerprint density at radius 3 is 2.56 bits per heavy atom. The van der Waals surface area contributed by atoms with Gasteiger partial charge in [0.25, 0.3) is 11.7 Å². The van der Waals surface area contributed by atoms with Gasteiger partial charge in [0.2, 0.25) is 5.91 Å². The number of Topliss-reactive ketones (excluding diaryl/α,β-unsaturated/α-hetero) is 1. The predicted molar refractivity (Wildman–Crippen MR) is 149 cm³/mol. The normalized spacial score (nSPS) is 13.6. The van der Waals surface area contributed by atoms with E-state index in [1.165, 1.54) is 19.4 Å². The minimum atomic E-state index is -0.534. The van der Waals surface area contributed by atoms with E-state index in [0.29, 0.717) is 58.6 Å². The lowest BCUT2D eigenvalue weighted by atomic mass is 9.98. The van der Waals surface area contributed by atoms with Gasteiger partial charge in [0.15, 0.2) is 0 Å². The van der Waals surface area contributed by atoms with Gasteiger partial charge in [-0.05, 0) is 36.4 Å². The maximum atomic E-state index is 13.2. The molecule has 2 heterocycles. The third-order valence-electron chi connectivity index (χ3n) is 6.54. The molecule has 1 aliphatic heterocycles. The summed E-state index contributed by atoms with van der Waals surface area (Å²) in [5.74, 6) is -0.358. The number of hydrogen-bond acceptors (Lipinski definition) is 7. The largest absolute Gasteiger partial charge is 0.495 e. The van der Waals surface area contributed by atoms with Gasteiger partial charge in [-0.3, -0.25) is 14.4 Å². The first-order valence-corrected chi connectivity index (χ1v) is 12.9. The molecule has 1 saturated heterocycles. The van der Waals surface area contributed by atoms with Crippen molar-refractivity contribution >= 4 is 34.9 Å². The number of aromatic nitrogens is 2. The predicted octanol–water partition coefficient (Wildman–Crippen LogP) is 3.40. The van der Waals surface area contributed by atoms with Crippen LogP contribution in [0.15, 0.2) is 61.3 Å². The lowest BCUT2D eigenvalue weighted by molar-refractivity contribution is -0.128. The number of methoxy groups -OCH3 is 1. The minimum Gasteiger partial charge on any atom is -0.495 e. The zero-order valence-electron chi connectivity index (χ0n) is 21.9. The average molecular weight is 548 g/mol. The molecule has 0 bridgehead atoms. The van der Waals surface area contributed by atoms with E-state index >= 15 is 0 Å². The third-order valence-corrected chi connectivity index (χ3v) is 6.86. The first kappa shape index (κ1) is 27.9. The highest BCUT2D eigenvalue weighted by Gasteiger charge is 2.27. The number of nitrogens with zero attached hydrogens (tertiary/aromatic N) is 4. The molecule has 0 atom stereocenters. The fourth-order valence-electron chi connectivity index (χ4n) is 4.33. The molecule has 4 rings (SSSR count). The van der Waals surface area contributed by atoms with Crippen LogP contribution in [-0.4, -0.2) is 77.7 Å². The van der Waals surface area contributed by atoms with E-state index in [2.05, 4.69) is 26.8 Å². The number of ketones is 1. The summed E-state index contributed by atoms with van der Waals surface area (Å²) in [7, 11) is 3.52. The first-order chi connectivity index (χ1) is 18.8. The maximum absolute atomic E-state index is 13.2. The summed E-state index contributed by atoms with van der Waals surface area (Å²) in [6, 6.07) is 12.4. The van der Waals surface area contributed by atoms with Gasteiger partial charge in [-0.15, -0.1) is 0 Å². The summed E-state index contributed by atoms with van der Waals surface area (Å²) in [5, 5.41) is 3.09. The van der Waals surface area contributed by atoms with Crippen molar-refractivity contribution in [3.05, 3.63) is 94.5 Å². The van der Waals surface area contributed by atoms with E-state index in [-0.39, 0.29) is 12.3 Å². The second kappa shape index (κ2) is 12.6. The number of carbonyl (C=O) groups excluding carboxylic acids is 3. The first-order valence-electron chi connectivity index (χ1n) is 12.5. The number of rotatable bonds is 9. The number of anilines is 1. The van der Waals surface area contributed by atoms with Crippen molar-refractivity contribution < 1.29 is 19.1 Å². The van der Waals surface area contributed by atoms with Gasteiger partial charge in [-0.2, -0.15) is 0 Å². The molecule has 0 aliphatic carbocycles. The molecule has 3 aromatic rings. The lowest BCUT2D eigenvalue weighted by Gasteiger charge is -2.32. The van der Waals surface area contributed by atoms with Crippen molar-refractivity contribution in [1.29, 1.82) is 0 Å². The third kappa shape index (κ3) is 6.87. The standard InChI is InChI=1S/C29H30ClN5O4/c1-4-27(36)33-24-15-19(9-10-25(24)39-3)16-26-31-18-22(30)23(32-26)17-20-7-5-6-8-21(20)28(37)29(38)35-13-11-34(2)12-14-35/h4-10,15,18H,1,11-14,16-17H2,2-3H3,(H,33,36). The van der Waals surface area contributed by atoms with Crippen molar-refractivity contribution in [1.82, 2.24) is 19.8 Å². The van der Waals surface area contributed by atoms with Crippen LogP contribution in [0.3, 0.4) is 0 Å². The molecule has 0 saturated carbocycles. The number of benzene rings is 2. The maximum Gasteiger partial charge on any atom is 0.295 e. The number of hydrogen-bond donors (Lipinski definition) is 1. The molecule has 2 amide bonds. The number of ether oxygens (including phenoxy) is 1. The molecule has 1 N–H and O–H groups in total. The van der Waals surface area contributed by atoms with Crippen molar-refractivity contribution in [3.63, 3.8) is 0 Å². The molecular formula is C29H30ClN5O4. The monoisotopic (exact) mass is 547 g/mol. The Morgan fingerprint density at radius 2 is 1.85 bits per heavy atom. The van der Waals surface area contributed by atoms with Crippen LogP contribution in [-0.2, 0) is 22.4 Å². The van der Waals surface area contributed by atoms with Crippen molar-refractivity contribution in [3.8, 4) is 5.75 Å². The van der Waals surface area contributed by atoms with Gasteiger partial charge in [-0.25, -0.2) is 9.97 Å². The molecule has 9 nitrogen and oxygen atoms in total. The van der Waals surface area contributed by atoms with Gasteiger partial charge in [-0.1, -0.05) is 48.5 Å². The van der Waals surface area contributed by atoms with Crippen LogP contribution in [0.4, 0.5) is 5.69 Å². The number of halogens is 1. The number of amides is 2. The fourth-order valence-corrected chi connectivity index (χ4v) is 4.48. The van der Waals surface area contributed by atoms with E-state index in [4.69, 9.17) is 16.3 Å². The molecule has 0 spiro atoms. The Bertz CT molecular complexity index is 1400. The number of carbonyl (C=O) groups is 3. The minimum absolute atomic E-state index is 0.259. The van der Waals surface area contributed by atoms with Crippen molar-refractivity contribution in [2.24, 2.45) is 0 Å². The lowest BCUT2D eigenvalue weighted by Crippen LogP contribution is -2.49. The molecule has 1 aromatic heterocycles. The van der Waals surface area contributed by atoms with Gasteiger partial charge in [0, 0.05) is 50.8 Å². The molecule has 1 aliphatic rings. The van der Waals surface area contributed by atoms with Gasteiger partial charge < -0.3 is 19.9 Å². The molecule has 2 aromatic carbocycles. The summed E-state index contributed by atoms with van der Waals surface area (Å²) in [6.07, 6.45) is 3.34. The van der Waals surface area contributed by atoms with E-state index in [9.17, 15) is 14.4 Å². The van der Waals surface area contributed by atoms with Crippen LogP contribution in [0.5, 0.6) is 5.75 Å². The van der Waals surface area contributed by atoms with Crippen LogP contribution < -0.4 is 10.1 Å². The highest BCUT2D eigenvalue weighted by atomic mass is 35.5. The Labute approximate surface area is 232 Å². The van der Waals surface area contributed by atoms with E-state index < -0.39 is 11.7 Å². The summed E-state index contributed by atoms with van der Waals surface area (Å²) >= 11 is 6.45. The van der Waals surface area contributed by atoms with Crippen LogP contribution in [0.25, 0.3) is 0 Å². The molecule has 0 unspecified atom stereocenters. The van der Waals surface area contributed by atoms with Crippen LogP contribution >= 0.6 is 11.6 Å². The molecule has 39 heavy (non-hydrogen) atoms. The van der Waals surface area contributed by atoms with E-state index in [1.54, 1.807) is 35.2 Å². The Kier molecular flexibility index (Phi) is 9.06. The van der Waals surface area contributed by atoms with Gasteiger partial charge in [0.05, 0.1) is 23.5 Å². The summed E-state index contributed by atoms with van der Waals surface area (Å²) < 4.78 is 5.33. The Balaban J connectivity index is 1.54. The molecule has 1 fully saturated rings. The molecule has 202 valence electrons. The summed E-state index contributed by atoms with van der Waals surface area (Å²) in [6.45, 7) is 5.99. The second-order valence-electron chi connectivity index (χ2n) is 9.24. The zero-order chi connectivity index (χ0) is 27.9. The Morgan fingerprint density at radius 1 is 1.10 bits per heavy atom. The number of likely N-dealkylation sites (N-methyl/N-ethyl adjacent to an activating group) is 1. The molecule has 10 heteroatoms. The summed E-state index contributed by atoms with van der Waals surface area (Å²) in [5.41, 5.74) is 2.90. The highest BCUT2D eigenvalue weighted by Crippen LogP contribution is 2.27. The fraction of sp³-hybridized carbons (Fsp3) is 0.276. The van der Waals surface area contributed by atoms with Gasteiger partial charge in [0.1, 0.15) is 11.6 Å². The van der Waals surface area contributed by atoms with Crippen LogP contribution in [0, 0.1) is 0 Å². The topological polar surface area (TPSA) is 105 Å². The molecular weight excluding hydrogens is 518 g/mol. The SMILES string of the molecule is C=CC(=O)Nc1cc(Cc2ncc(Cl)c(Cc3ccccc3C(=O)C(=O)N3CCN(C)CC3)n2)ccc1OC. The number of piperazine rings is 1. The second-order valence-corrected chi connectivity index (χ2v) is 9.65. The van der Waals surface area contributed by atoms with Gasteiger partial charge >= 0.3 is 0 Å². The van der Waals surface area contributed by atoms with Crippen molar-refractivity contribution in [2.75, 3.05) is 45.7 Å². The van der Waals surface area contributed by atoms with E-state index in [1.807, 2.05) is 19.2 Å². The van der Waals surface area contributed by atoms with Crippen molar-refractivity contribution in [2.45, 2.75) is 12.8 Å². The summed E-state index contributed by atoms with van der Waals surface area (Å²) in [4.78, 5) is 50.7. The molecule has 0 radical (unpaired) electrons. The average Bonchev–Trinajstić information content (AvgIpc) is 2.95. The smallest absolute Gasteiger partial charge is 0.295 e. The van der Waals surface area contributed by atoms with Crippen LogP contribution in [0.2, 0.25) is 5.02 Å². The highest BCUT2D eigenvalue weighted by molar-refractivity contribution is 6.43. The number of nitrogens with one attached hydrogen (secondary N) is 1. The quantitative estimate of drug-likeness (QED) is 0.249. The van der Waals surface area contributed by atoms with E-state index in [0.717, 1.165) is 18.7 Å². The zero-order valence-corrected chi connectivity index (χ0v) is 22.7.